The van der Waals surface area contributed by atoms with Crippen LogP contribution in [-0.4, -0.2) is 0 Å². The molecule has 0 nitrogen and oxygen atoms in total. The third-order valence-corrected chi connectivity index (χ3v) is 4.87. The van der Waals surface area contributed by atoms with Crippen molar-refractivity contribution in [1.82, 2.24) is 0 Å². The van der Waals surface area contributed by atoms with Gasteiger partial charge in [-0.05, 0) is 29.0 Å². The molecule has 0 unspecified atom stereocenters. The van der Waals surface area contributed by atoms with Gasteiger partial charge in [0.05, 0.1) is 0 Å². The number of halogens is 1. The lowest BCUT2D eigenvalue weighted by atomic mass is 10.0. The molecule has 76 valence electrons. The molecule has 4 rings (SSSR count). The quantitative estimate of drug-likeness (QED) is 0.379. The molecule has 0 fully saturated rings. The van der Waals surface area contributed by atoms with Crippen molar-refractivity contribution in [3.05, 3.63) is 46.9 Å². The smallest absolute Gasteiger partial charge is 0.0362 e. The Bertz CT molecular complexity index is 813. The third-order valence-electron chi connectivity index (χ3n) is 3.09. The zero-order valence-corrected chi connectivity index (χ0v) is 10.7. The second kappa shape index (κ2) is 2.96. The molecule has 0 aliphatic heterocycles. The molecule has 0 radical (unpaired) electrons. The first kappa shape index (κ1) is 8.97. The van der Waals surface area contributed by atoms with E-state index in [2.05, 4.69) is 58.4 Å². The number of hydrogen-bond acceptors (Lipinski definition) is 1. The Balaban J connectivity index is 2.53. The number of benzene rings is 3. The SMILES string of the molecule is Brc1cc2cccc3sc4cccc1c4c23. The molecule has 0 atom stereocenters. The van der Waals surface area contributed by atoms with E-state index >= 15 is 0 Å². The molecule has 0 N–H and O–H groups in total. The van der Waals surface area contributed by atoms with Gasteiger partial charge < -0.3 is 0 Å². The summed E-state index contributed by atoms with van der Waals surface area (Å²) in [5.41, 5.74) is 0. The molecular weight excluding hydrogens is 280 g/mol. The molecule has 1 heterocycles. The highest BCUT2D eigenvalue weighted by atomic mass is 79.9. The van der Waals surface area contributed by atoms with E-state index in [-0.39, 0.29) is 0 Å². The monoisotopic (exact) mass is 286 g/mol. The van der Waals surface area contributed by atoms with Crippen LogP contribution in [0.5, 0.6) is 0 Å². The molecule has 0 amide bonds. The van der Waals surface area contributed by atoms with Crippen LogP contribution >= 0.6 is 27.3 Å². The maximum Gasteiger partial charge on any atom is 0.0362 e. The van der Waals surface area contributed by atoms with Crippen molar-refractivity contribution in [2.24, 2.45) is 0 Å². The van der Waals surface area contributed by atoms with Crippen LogP contribution in [0.4, 0.5) is 0 Å². The summed E-state index contributed by atoms with van der Waals surface area (Å²) in [6.07, 6.45) is 0. The number of rotatable bonds is 0. The largest absolute Gasteiger partial charge is 0.135 e. The van der Waals surface area contributed by atoms with Gasteiger partial charge in [0.25, 0.3) is 0 Å². The molecule has 3 aromatic carbocycles. The minimum absolute atomic E-state index is 1.19. The van der Waals surface area contributed by atoms with Crippen LogP contribution in [0.2, 0.25) is 0 Å². The molecule has 4 aromatic rings. The summed E-state index contributed by atoms with van der Waals surface area (Å²) < 4.78 is 3.96. The van der Waals surface area contributed by atoms with Gasteiger partial charge in [-0.1, -0.05) is 40.2 Å². The van der Waals surface area contributed by atoms with E-state index in [1.165, 1.54) is 35.4 Å². The summed E-state index contributed by atoms with van der Waals surface area (Å²) >= 11 is 5.54. The lowest BCUT2D eigenvalue weighted by molar-refractivity contribution is 1.80. The Morgan fingerprint density at radius 1 is 0.875 bits per heavy atom. The lowest BCUT2D eigenvalue weighted by Crippen LogP contribution is -1.77. The minimum Gasteiger partial charge on any atom is -0.135 e. The fourth-order valence-corrected chi connectivity index (χ4v) is 4.17. The average Bonchev–Trinajstić information content (AvgIpc) is 2.67. The Hall–Kier alpha value is -1.12. The van der Waals surface area contributed by atoms with E-state index in [0.29, 0.717) is 0 Å². The normalized spacial score (nSPS) is 12.1. The predicted octanol–water partition coefficient (Wildman–Crippen LogP) is 5.41. The van der Waals surface area contributed by atoms with Crippen LogP contribution in [0, 0.1) is 0 Å². The zero-order valence-electron chi connectivity index (χ0n) is 8.33. The van der Waals surface area contributed by atoms with Crippen molar-refractivity contribution in [2.75, 3.05) is 0 Å². The van der Waals surface area contributed by atoms with Crippen molar-refractivity contribution >= 4 is 58.2 Å². The molecule has 1 aromatic heterocycles. The van der Waals surface area contributed by atoms with Gasteiger partial charge in [-0.15, -0.1) is 11.3 Å². The predicted molar refractivity (Wildman–Crippen MR) is 75.7 cm³/mol. The van der Waals surface area contributed by atoms with E-state index in [4.69, 9.17) is 0 Å². The highest BCUT2D eigenvalue weighted by molar-refractivity contribution is 9.10. The van der Waals surface area contributed by atoms with Crippen molar-refractivity contribution < 1.29 is 0 Å². The van der Waals surface area contributed by atoms with Crippen LogP contribution < -0.4 is 0 Å². The summed E-state index contributed by atoms with van der Waals surface area (Å²) in [6, 6.07) is 15.3. The Kier molecular flexibility index (Phi) is 1.66. The molecule has 0 spiro atoms. The van der Waals surface area contributed by atoms with Gasteiger partial charge in [0.1, 0.15) is 0 Å². The fourth-order valence-electron chi connectivity index (χ4n) is 2.43. The molecular formula is C14H7BrS. The van der Waals surface area contributed by atoms with E-state index in [1.807, 2.05) is 11.3 Å². The first-order chi connectivity index (χ1) is 7.84. The van der Waals surface area contributed by atoms with Gasteiger partial charge in [0, 0.05) is 24.6 Å². The average molecular weight is 287 g/mol. The zero-order chi connectivity index (χ0) is 10.7. The van der Waals surface area contributed by atoms with E-state index in [1.54, 1.807) is 0 Å². The topological polar surface area (TPSA) is 0 Å². The van der Waals surface area contributed by atoms with E-state index in [0.717, 1.165) is 0 Å². The summed E-state index contributed by atoms with van der Waals surface area (Å²) in [6.45, 7) is 0. The molecule has 0 bridgehead atoms. The maximum atomic E-state index is 3.67. The lowest BCUT2D eigenvalue weighted by Gasteiger charge is -2.04. The van der Waals surface area contributed by atoms with E-state index in [9.17, 15) is 0 Å². The number of hydrogen-bond donors (Lipinski definition) is 0. The first-order valence-electron chi connectivity index (χ1n) is 5.16. The molecule has 2 heteroatoms. The van der Waals surface area contributed by atoms with Crippen LogP contribution in [0.25, 0.3) is 30.9 Å². The fraction of sp³-hybridized carbons (Fsp3) is 0. The van der Waals surface area contributed by atoms with Gasteiger partial charge in [0.15, 0.2) is 0 Å². The third kappa shape index (κ3) is 0.989. The molecule has 0 aliphatic carbocycles. The summed E-state index contributed by atoms with van der Waals surface area (Å²) in [4.78, 5) is 0. The minimum atomic E-state index is 1.19. The maximum absolute atomic E-state index is 3.67. The molecule has 0 aliphatic rings. The van der Waals surface area contributed by atoms with Crippen molar-refractivity contribution in [3.8, 4) is 0 Å². The highest BCUT2D eigenvalue weighted by Crippen LogP contribution is 2.42. The summed E-state index contributed by atoms with van der Waals surface area (Å²) in [5, 5.41) is 5.48. The van der Waals surface area contributed by atoms with Crippen LogP contribution in [0.1, 0.15) is 0 Å². The van der Waals surface area contributed by atoms with Crippen molar-refractivity contribution in [1.29, 1.82) is 0 Å². The van der Waals surface area contributed by atoms with Crippen molar-refractivity contribution in [2.45, 2.75) is 0 Å². The Morgan fingerprint density at radius 2 is 1.62 bits per heavy atom. The van der Waals surface area contributed by atoms with Crippen LogP contribution in [0.15, 0.2) is 46.9 Å². The summed E-state index contributed by atoms with van der Waals surface area (Å²) in [7, 11) is 0. The van der Waals surface area contributed by atoms with E-state index < -0.39 is 0 Å². The first-order valence-corrected chi connectivity index (χ1v) is 6.77. The van der Waals surface area contributed by atoms with Crippen LogP contribution in [0.3, 0.4) is 0 Å². The highest BCUT2D eigenvalue weighted by Gasteiger charge is 2.12. The van der Waals surface area contributed by atoms with Gasteiger partial charge in [-0.25, -0.2) is 0 Å². The Morgan fingerprint density at radius 3 is 2.50 bits per heavy atom. The summed E-state index contributed by atoms with van der Waals surface area (Å²) in [5.74, 6) is 0. The standard InChI is InChI=1S/C14H7BrS/c15-10-7-8-3-1-5-11-13(8)14-9(10)4-2-6-12(14)16-11/h1-7H. The molecule has 0 saturated carbocycles. The van der Waals surface area contributed by atoms with Gasteiger partial charge >= 0.3 is 0 Å². The second-order valence-corrected chi connectivity index (χ2v) is 5.93. The second-order valence-electron chi connectivity index (χ2n) is 3.99. The van der Waals surface area contributed by atoms with Gasteiger partial charge in [-0.3, -0.25) is 0 Å². The Labute approximate surface area is 105 Å². The van der Waals surface area contributed by atoms with Gasteiger partial charge in [-0.2, -0.15) is 0 Å². The number of thiophene rings is 1. The van der Waals surface area contributed by atoms with Crippen LogP contribution in [-0.2, 0) is 0 Å². The van der Waals surface area contributed by atoms with Crippen molar-refractivity contribution in [3.63, 3.8) is 0 Å². The van der Waals surface area contributed by atoms with Gasteiger partial charge in [0.2, 0.25) is 0 Å². The molecule has 0 saturated heterocycles. The molecule has 16 heavy (non-hydrogen) atoms.